The number of sulfonamides is 1. The van der Waals surface area contributed by atoms with Gasteiger partial charge in [0, 0.05) is 42.3 Å². The summed E-state index contributed by atoms with van der Waals surface area (Å²) in [5, 5.41) is 2.67. The summed E-state index contributed by atoms with van der Waals surface area (Å²) in [6.45, 7) is 2.30. The molecule has 2 heterocycles. The summed E-state index contributed by atoms with van der Waals surface area (Å²) in [5.74, 6) is -0.961. The second-order valence-corrected chi connectivity index (χ2v) is 12.0. The predicted octanol–water partition coefficient (Wildman–Crippen LogP) is 4.31. The summed E-state index contributed by atoms with van der Waals surface area (Å²) in [6, 6.07) is 9.75. The Morgan fingerprint density at radius 1 is 0.974 bits per heavy atom. The standard InChI is InChI=1S/C26H28F3N3O5S/c1-16-14-19-15-22(8-9-23(19)32(16)25(34)18-2-3-18)38(35,36)31-12-10-17(11-13-31)24(33)30-20-4-6-21(7-5-20)37-26(27,28)29/h4-9,15-18H,2-3,10-14H2,1H3,(H,30,33). The van der Waals surface area contributed by atoms with Gasteiger partial charge in [-0.3, -0.25) is 9.59 Å². The number of fused-ring (bicyclic) bond motifs is 1. The van der Waals surface area contributed by atoms with Crippen LogP contribution >= 0.6 is 0 Å². The summed E-state index contributed by atoms with van der Waals surface area (Å²) in [7, 11) is -3.78. The minimum Gasteiger partial charge on any atom is -0.406 e. The molecule has 1 atom stereocenters. The van der Waals surface area contributed by atoms with E-state index in [1.807, 2.05) is 6.92 Å². The molecule has 2 amide bonds. The first-order chi connectivity index (χ1) is 17.9. The number of rotatable bonds is 6. The van der Waals surface area contributed by atoms with Crippen LogP contribution in [0.15, 0.2) is 47.4 Å². The summed E-state index contributed by atoms with van der Waals surface area (Å²) < 4.78 is 68.8. The quantitative estimate of drug-likeness (QED) is 0.577. The van der Waals surface area contributed by atoms with E-state index < -0.39 is 28.1 Å². The molecular formula is C26H28F3N3O5S. The van der Waals surface area contributed by atoms with Gasteiger partial charge in [-0.1, -0.05) is 0 Å². The number of alkyl halides is 3. The average Bonchev–Trinajstić information content (AvgIpc) is 3.66. The van der Waals surface area contributed by atoms with Crippen LogP contribution in [0.3, 0.4) is 0 Å². The second-order valence-electron chi connectivity index (χ2n) is 10.1. The Labute approximate surface area is 218 Å². The lowest BCUT2D eigenvalue weighted by molar-refractivity contribution is -0.274. The van der Waals surface area contributed by atoms with Crippen LogP contribution in [0.2, 0.25) is 0 Å². The van der Waals surface area contributed by atoms with Crippen LogP contribution in [0.25, 0.3) is 0 Å². The number of amides is 2. The van der Waals surface area contributed by atoms with Gasteiger partial charge < -0.3 is 15.0 Å². The second kappa shape index (κ2) is 9.88. The Hall–Kier alpha value is -3.12. The third kappa shape index (κ3) is 5.51. The molecule has 8 nitrogen and oxygen atoms in total. The molecule has 1 unspecified atom stereocenters. The SMILES string of the molecule is CC1Cc2cc(S(=O)(=O)N3CCC(C(=O)Nc4ccc(OC(F)(F)F)cc4)CC3)ccc2N1C(=O)C1CC1. The monoisotopic (exact) mass is 551 g/mol. The van der Waals surface area contributed by atoms with E-state index >= 15 is 0 Å². The molecule has 1 aliphatic carbocycles. The number of ether oxygens (including phenoxy) is 1. The predicted molar refractivity (Wildman–Crippen MR) is 133 cm³/mol. The molecule has 12 heteroatoms. The van der Waals surface area contributed by atoms with E-state index in [0.29, 0.717) is 24.9 Å². The van der Waals surface area contributed by atoms with Crippen molar-refractivity contribution in [2.75, 3.05) is 23.3 Å². The van der Waals surface area contributed by atoms with Crippen molar-refractivity contribution in [3.8, 4) is 5.75 Å². The van der Waals surface area contributed by atoms with E-state index in [4.69, 9.17) is 0 Å². The maximum Gasteiger partial charge on any atom is 0.573 e. The van der Waals surface area contributed by atoms with Gasteiger partial charge in [0.1, 0.15) is 5.75 Å². The Balaban J connectivity index is 1.19. The third-order valence-corrected chi connectivity index (χ3v) is 9.14. The Morgan fingerprint density at radius 3 is 2.24 bits per heavy atom. The van der Waals surface area contributed by atoms with E-state index in [0.717, 1.165) is 36.2 Å². The molecule has 204 valence electrons. The van der Waals surface area contributed by atoms with Crippen molar-refractivity contribution < 1.29 is 35.9 Å². The molecule has 3 aliphatic rings. The number of hydrogen-bond donors (Lipinski definition) is 1. The largest absolute Gasteiger partial charge is 0.573 e. The normalized spacial score (nSPS) is 20.7. The molecule has 1 saturated heterocycles. The Morgan fingerprint density at radius 2 is 1.63 bits per heavy atom. The van der Waals surface area contributed by atoms with Crippen LogP contribution in [0, 0.1) is 11.8 Å². The van der Waals surface area contributed by atoms with Gasteiger partial charge in [-0.15, -0.1) is 13.2 Å². The van der Waals surface area contributed by atoms with Crippen LogP contribution in [-0.4, -0.2) is 50.0 Å². The van der Waals surface area contributed by atoms with Gasteiger partial charge in [0.05, 0.1) is 4.90 Å². The molecule has 38 heavy (non-hydrogen) atoms. The lowest BCUT2D eigenvalue weighted by Crippen LogP contribution is -2.41. The number of hydrogen-bond acceptors (Lipinski definition) is 5. The number of carbonyl (C=O) groups excluding carboxylic acids is 2. The smallest absolute Gasteiger partial charge is 0.406 e. The van der Waals surface area contributed by atoms with Crippen molar-refractivity contribution in [1.29, 1.82) is 0 Å². The number of nitrogens with zero attached hydrogens (tertiary/aromatic N) is 2. The minimum atomic E-state index is -4.80. The molecule has 2 aromatic carbocycles. The van der Waals surface area contributed by atoms with Gasteiger partial charge in [0.25, 0.3) is 0 Å². The van der Waals surface area contributed by atoms with E-state index in [-0.39, 0.29) is 41.8 Å². The van der Waals surface area contributed by atoms with E-state index in [1.165, 1.54) is 16.4 Å². The van der Waals surface area contributed by atoms with E-state index in [1.54, 1.807) is 23.1 Å². The molecule has 5 rings (SSSR count). The number of carbonyl (C=O) groups is 2. The number of benzene rings is 2. The van der Waals surface area contributed by atoms with Crippen molar-refractivity contribution in [1.82, 2.24) is 4.31 Å². The highest BCUT2D eigenvalue weighted by atomic mass is 32.2. The highest BCUT2D eigenvalue weighted by Gasteiger charge is 2.40. The number of piperidine rings is 1. The van der Waals surface area contributed by atoms with Crippen molar-refractivity contribution in [3.63, 3.8) is 0 Å². The first kappa shape index (κ1) is 26.5. The van der Waals surface area contributed by atoms with Crippen molar-refractivity contribution in [2.24, 2.45) is 11.8 Å². The van der Waals surface area contributed by atoms with Crippen LogP contribution in [0.1, 0.15) is 38.2 Å². The molecule has 0 spiro atoms. The fourth-order valence-corrected chi connectivity index (χ4v) is 6.64. The highest BCUT2D eigenvalue weighted by Crippen LogP contribution is 2.40. The Bertz CT molecular complexity index is 1330. The molecule has 2 aliphatic heterocycles. The van der Waals surface area contributed by atoms with Crippen molar-refractivity contribution in [3.05, 3.63) is 48.0 Å². The fourth-order valence-electron chi connectivity index (χ4n) is 5.12. The minimum absolute atomic E-state index is 0.0151. The van der Waals surface area contributed by atoms with Crippen molar-refractivity contribution in [2.45, 2.75) is 56.3 Å². The highest BCUT2D eigenvalue weighted by molar-refractivity contribution is 7.89. The molecule has 0 bridgehead atoms. The third-order valence-electron chi connectivity index (χ3n) is 7.25. The van der Waals surface area contributed by atoms with Crippen LogP contribution < -0.4 is 15.0 Å². The van der Waals surface area contributed by atoms with Crippen LogP contribution in [-0.2, 0) is 26.0 Å². The van der Waals surface area contributed by atoms with Gasteiger partial charge in [0.15, 0.2) is 0 Å². The molecule has 0 radical (unpaired) electrons. The Kier molecular flexibility index (Phi) is 6.89. The maximum atomic E-state index is 13.4. The number of anilines is 2. The first-order valence-corrected chi connectivity index (χ1v) is 14.0. The van der Waals surface area contributed by atoms with Crippen molar-refractivity contribution >= 4 is 33.2 Å². The molecule has 1 N–H and O–H groups in total. The summed E-state index contributed by atoms with van der Waals surface area (Å²) in [6.07, 6.45) is -1.77. The van der Waals surface area contributed by atoms with Gasteiger partial charge in [-0.2, -0.15) is 4.31 Å². The summed E-state index contributed by atoms with van der Waals surface area (Å²) >= 11 is 0. The summed E-state index contributed by atoms with van der Waals surface area (Å²) in [5.41, 5.74) is 1.94. The molecule has 2 fully saturated rings. The zero-order chi connectivity index (χ0) is 27.2. The number of halogens is 3. The topological polar surface area (TPSA) is 96.0 Å². The van der Waals surface area contributed by atoms with Gasteiger partial charge >= 0.3 is 6.36 Å². The zero-order valence-electron chi connectivity index (χ0n) is 20.7. The van der Waals surface area contributed by atoms with Gasteiger partial charge in [-0.25, -0.2) is 8.42 Å². The van der Waals surface area contributed by atoms with Gasteiger partial charge in [0.2, 0.25) is 21.8 Å². The lowest BCUT2D eigenvalue weighted by Gasteiger charge is -2.30. The van der Waals surface area contributed by atoms with E-state index in [9.17, 15) is 31.2 Å². The average molecular weight is 552 g/mol. The molecule has 0 aromatic heterocycles. The maximum absolute atomic E-state index is 13.4. The van der Waals surface area contributed by atoms with Gasteiger partial charge in [-0.05, 0) is 87.1 Å². The molecule has 1 saturated carbocycles. The lowest BCUT2D eigenvalue weighted by atomic mass is 9.97. The molecular weight excluding hydrogens is 523 g/mol. The molecule has 2 aromatic rings. The fraction of sp³-hybridized carbons (Fsp3) is 0.462. The summed E-state index contributed by atoms with van der Waals surface area (Å²) in [4.78, 5) is 27.3. The van der Waals surface area contributed by atoms with E-state index in [2.05, 4.69) is 10.1 Å². The number of nitrogens with one attached hydrogen (secondary N) is 1. The van der Waals surface area contributed by atoms with Crippen LogP contribution in [0.5, 0.6) is 5.75 Å². The first-order valence-electron chi connectivity index (χ1n) is 12.6. The van der Waals surface area contributed by atoms with Crippen LogP contribution in [0.4, 0.5) is 24.5 Å². The zero-order valence-corrected chi connectivity index (χ0v) is 21.5.